The van der Waals surface area contributed by atoms with Crippen LogP contribution in [-0.2, 0) is 16.1 Å². The molecule has 1 unspecified atom stereocenters. The lowest BCUT2D eigenvalue weighted by Crippen LogP contribution is -2.52. The van der Waals surface area contributed by atoms with Gasteiger partial charge in [0.2, 0.25) is 11.8 Å². The molecule has 2 aliphatic heterocycles. The Hall–Kier alpha value is -3.56. The number of carbonyl (C=O) groups is 4. The normalized spacial score (nSPS) is 19.1. The number of nitrogens with one attached hydrogen (secondary N) is 2. The number of benzene rings is 1. The minimum Gasteiger partial charge on any atom is -0.354 e. The summed E-state index contributed by atoms with van der Waals surface area (Å²) in [4.78, 5) is 49.2. The van der Waals surface area contributed by atoms with Crippen LogP contribution in [0, 0.1) is 0 Å². The molecule has 0 saturated carbocycles. The summed E-state index contributed by atoms with van der Waals surface area (Å²) < 4.78 is 1.45. The number of amides is 4. The number of piperidine rings is 1. The first kappa shape index (κ1) is 16.9. The Balaban J connectivity index is 1.59. The molecular weight excluding hydrogens is 352 g/mol. The molecule has 0 radical (unpaired) electrons. The van der Waals surface area contributed by atoms with Crippen LogP contribution in [0.2, 0.25) is 0 Å². The van der Waals surface area contributed by atoms with E-state index in [-0.39, 0.29) is 36.4 Å². The number of imide groups is 1. The fraction of sp³-hybridized carbons (Fsp3) is 0.294. The molecule has 0 aliphatic carbocycles. The van der Waals surface area contributed by atoms with Crippen molar-refractivity contribution in [1.82, 2.24) is 30.5 Å². The molecule has 0 bridgehead atoms. The summed E-state index contributed by atoms with van der Waals surface area (Å²) in [6.45, 7) is 0.269. The predicted molar refractivity (Wildman–Crippen MR) is 90.8 cm³/mol. The van der Waals surface area contributed by atoms with Crippen LogP contribution in [-0.4, -0.2) is 56.6 Å². The maximum Gasteiger partial charge on any atom is 0.273 e. The van der Waals surface area contributed by atoms with Gasteiger partial charge in [-0.05, 0) is 30.2 Å². The standard InChI is InChI=1S/C17H16N6O4/c1-18-15(25)12-8-23(21-20-12)10-2-3-11-9(6-10)7-22(17(11)27)13-4-5-14(24)19-16(13)26/h2-3,6,8,13H,4-5,7H2,1H3,(H,18,25)(H,19,24,26). The van der Waals surface area contributed by atoms with Crippen LogP contribution in [0.25, 0.3) is 5.69 Å². The van der Waals surface area contributed by atoms with E-state index >= 15 is 0 Å². The fourth-order valence-electron chi connectivity index (χ4n) is 3.33. The average molecular weight is 368 g/mol. The van der Waals surface area contributed by atoms with Crippen LogP contribution in [0.3, 0.4) is 0 Å². The highest BCUT2D eigenvalue weighted by Gasteiger charge is 2.39. The summed E-state index contributed by atoms with van der Waals surface area (Å²) >= 11 is 0. The largest absolute Gasteiger partial charge is 0.354 e. The van der Waals surface area contributed by atoms with Crippen molar-refractivity contribution in [2.45, 2.75) is 25.4 Å². The molecule has 2 aliphatic rings. The van der Waals surface area contributed by atoms with E-state index in [1.165, 1.54) is 22.8 Å². The van der Waals surface area contributed by atoms with Crippen LogP contribution in [0.1, 0.15) is 39.3 Å². The van der Waals surface area contributed by atoms with E-state index in [1.807, 2.05) is 0 Å². The highest BCUT2D eigenvalue weighted by molar-refractivity contribution is 6.05. The Labute approximate surface area is 153 Å². The first-order valence-electron chi connectivity index (χ1n) is 8.40. The van der Waals surface area contributed by atoms with E-state index in [4.69, 9.17) is 0 Å². The first-order chi connectivity index (χ1) is 13.0. The second kappa shape index (κ2) is 6.31. The van der Waals surface area contributed by atoms with Crippen molar-refractivity contribution in [3.8, 4) is 5.69 Å². The molecule has 138 valence electrons. The number of fused-ring (bicyclic) bond motifs is 1. The molecule has 1 aromatic heterocycles. The highest BCUT2D eigenvalue weighted by Crippen LogP contribution is 2.28. The van der Waals surface area contributed by atoms with Gasteiger partial charge >= 0.3 is 0 Å². The molecule has 2 aromatic rings. The van der Waals surface area contributed by atoms with Crippen molar-refractivity contribution in [3.63, 3.8) is 0 Å². The zero-order chi connectivity index (χ0) is 19.1. The first-order valence-corrected chi connectivity index (χ1v) is 8.40. The average Bonchev–Trinajstić information content (AvgIpc) is 3.26. The molecule has 1 atom stereocenters. The van der Waals surface area contributed by atoms with E-state index in [2.05, 4.69) is 20.9 Å². The van der Waals surface area contributed by atoms with E-state index < -0.39 is 11.9 Å². The van der Waals surface area contributed by atoms with E-state index in [9.17, 15) is 19.2 Å². The van der Waals surface area contributed by atoms with Gasteiger partial charge in [-0.3, -0.25) is 24.5 Å². The third kappa shape index (κ3) is 2.84. The smallest absolute Gasteiger partial charge is 0.273 e. The van der Waals surface area contributed by atoms with Gasteiger partial charge in [0.15, 0.2) is 5.69 Å². The Morgan fingerprint density at radius 3 is 2.85 bits per heavy atom. The zero-order valence-electron chi connectivity index (χ0n) is 14.4. The number of hydrogen-bond acceptors (Lipinski definition) is 6. The van der Waals surface area contributed by atoms with Gasteiger partial charge < -0.3 is 10.2 Å². The van der Waals surface area contributed by atoms with Gasteiger partial charge in [0.25, 0.3) is 11.8 Å². The van der Waals surface area contributed by atoms with Crippen molar-refractivity contribution in [2.24, 2.45) is 0 Å². The summed E-state index contributed by atoms with van der Waals surface area (Å²) in [6, 6.07) is 4.49. The van der Waals surface area contributed by atoms with Crippen molar-refractivity contribution < 1.29 is 19.2 Å². The number of nitrogens with zero attached hydrogens (tertiary/aromatic N) is 4. The summed E-state index contributed by atoms with van der Waals surface area (Å²) in [5.41, 5.74) is 2.09. The van der Waals surface area contributed by atoms with Gasteiger partial charge in [0.1, 0.15) is 6.04 Å². The topological polar surface area (TPSA) is 126 Å². The molecule has 4 rings (SSSR count). The van der Waals surface area contributed by atoms with Crippen LogP contribution in [0.15, 0.2) is 24.4 Å². The van der Waals surface area contributed by atoms with E-state index in [1.54, 1.807) is 18.2 Å². The molecule has 1 saturated heterocycles. The molecule has 27 heavy (non-hydrogen) atoms. The van der Waals surface area contributed by atoms with Gasteiger partial charge in [0, 0.05) is 25.6 Å². The van der Waals surface area contributed by atoms with Crippen molar-refractivity contribution in [2.75, 3.05) is 7.05 Å². The maximum absolute atomic E-state index is 12.7. The second-order valence-corrected chi connectivity index (χ2v) is 6.37. The highest BCUT2D eigenvalue weighted by atomic mass is 16.2. The van der Waals surface area contributed by atoms with Crippen molar-refractivity contribution in [3.05, 3.63) is 41.2 Å². The fourth-order valence-corrected chi connectivity index (χ4v) is 3.33. The minimum absolute atomic E-state index is 0.180. The summed E-state index contributed by atoms with van der Waals surface area (Å²) in [5.74, 6) is -1.35. The summed E-state index contributed by atoms with van der Waals surface area (Å²) in [5, 5.41) is 12.5. The van der Waals surface area contributed by atoms with E-state index in [0.29, 0.717) is 17.7 Å². The third-order valence-electron chi connectivity index (χ3n) is 4.72. The van der Waals surface area contributed by atoms with Gasteiger partial charge in [-0.2, -0.15) is 0 Å². The molecule has 10 heteroatoms. The molecule has 10 nitrogen and oxygen atoms in total. The molecule has 4 amide bonds. The van der Waals surface area contributed by atoms with E-state index in [0.717, 1.165) is 5.56 Å². The molecular formula is C17H16N6O4. The number of rotatable bonds is 3. The molecule has 0 spiro atoms. The number of carbonyl (C=O) groups excluding carboxylic acids is 4. The lowest BCUT2D eigenvalue weighted by molar-refractivity contribution is -0.136. The maximum atomic E-state index is 12.7. The molecule has 2 N–H and O–H groups in total. The third-order valence-corrected chi connectivity index (χ3v) is 4.72. The number of hydrogen-bond donors (Lipinski definition) is 2. The SMILES string of the molecule is CNC(=O)c1cn(-c2ccc3c(c2)CN(C2CCC(=O)NC2=O)C3=O)nn1. The molecule has 1 aromatic carbocycles. The Morgan fingerprint density at radius 1 is 1.30 bits per heavy atom. The van der Waals surface area contributed by atoms with Crippen LogP contribution in [0.5, 0.6) is 0 Å². The number of aromatic nitrogens is 3. The van der Waals surface area contributed by atoms with Crippen LogP contribution < -0.4 is 10.6 Å². The lowest BCUT2D eigenvalue weighted by Gasteiger charge is -2.29. The Kier molecular flexibility index (Phi) is 3.94. The van der Waals surface area contributed by atoms with Gasteiger partial charge in [-0.15, -0.1) is 5.10 Å². The van der Waals surface area contributed by atoms with Gasteiger partial charge in [0.05, 0.1) is 11.9 Å². The van der Waals surface area contributed by atoms with Crippen molar-refractivity contribution in [1.29, 1.82) is 0 Å². The zero-order valence-corrected chi connectivity index (χ0v) is 14.4. The van der Waals surface area contributed by atoms with Crippen molar-refractivity contribution >= 4 is 23.6 Å². The Bertz CT molecular complexity index is 982. The monoisotopic (exact) mass is 368 g/mol. The Morgan fingerprint density at radius 2 is 2.11 bits per heavy atom. The van der Waals surface area contributed by atoms with Gasteiger partial charge in [-0.25, -0.2) is 4.68 Å². The summed E-state index contributed by atoms with van der Waals surface area (Å²) in [6.07, 6.45) is 2.02. The van der Waals surface area contributed by atoms with Crippen LogP contribution >= 0.6 is 0 Å². The summed E-state index contributed by atoms with van der Waals surface area (Å²) in [7, 11) is 1.51. The molecule has 3 heterocycles. The van der Waals surface area contributed by atoms with Crippen LogP contribution in [0.4, 0.5) is 0 Å². The van der Waals surface area contributed by atoms with Gasteiger partial charge in [-0.1, -0.05) is 5.21 Å². The quantitative estimate of drug-likeness (QED) is 0.696. The minimum atomic E-state index is -0.655. The predicted octanol–water partition coefficient (Wildman–Crippen LogP) is -0.612. The lowest BCUT2D eigenvalue weighted by atomic mass is 10.0. The molecule has 1 fully saturated rings. The second-order valence-electron chi connectivity index (χ2n) is 6.37.